The molecule has 1 heterocycles. The first kappa shape index (κ1) is 15.1. The Kier molecular flexibility index (Phi) is 4.17. The van der Waals surface area contributed by atoms with Crippen molar-refractivity contribution >= 4 is 0 Å². The Labute approximate surface area is 113 Å². The van der Waals surface area contributed by atoms with Gasteiger partial charge in [0.1, 0.15) is 0 Å². The van der Waals surface area contributed by atoms with E-state index in [1.807, 2.05) is 4.90 Å². The van der Waals surface area contributed by atoms with Gasteiger partial charge in [0.15, 0.2) is 0 Å². The Balaban J connectivity index is 2.06. The maximum Gasteiger partial charge on any atom is 0.393 e. The molecule has 3 atom stereocenters. The number of likely N-dealkylation sites (tertiary alicyclic amines) is 1. The van der Waals surface area contributed by atoms with Crippen molar-refractivity contribution in [1.82, 2.24) is 4.90 Å². The van der Waals surface area contributed by atoms with E-state index in [1.54, 1.807) is 0 Å². The first-order chi connectivity index (χ1) is 8.69. The van der Waals surface area contributed by atoms with Crippen LogP contribution in [0.2, 0.25) is 0 Å². The van der Waals surface area contributed by atoms with Gasteiger partial charge in [-0.1, -0.05) is 13.8 Å². The SMILES string of the molecule is CC1(C)CCN(C2CC(O)CCC2C(F)(F)F)CC1. The molecule has 1 saturated carbocycles. The van der Waals surface area contributed by atoms with Crippen LogP contribution in [-0.4, -0.2) is 41.4 Å². The first-order valence-corrected chi connectivity index (χ1v) is 7.18. The molecule has 1 aliphatic carbocycles. The summed E-state index contributed by atoms with van der Waals surface area (Å²) in [7, 11) is 0. The number of aliphatic hydroxyl groups is 1. The minimum Gasteiger partial charge on any atom is -0.393 e. The maximum atomic E-state index is 13.1. The molecule has 0 spiro atoms. The zero-order chi connectivity index (χ0) is 14.3. The molecule has 0 aromatic heterocycles. The lowest BCUT2D eigenvalue weighted by molar-refractivity contribution is -0.206. The molecule has 1 N–H and O–H groups in total. The van der Waals surface area contributed by atoms with Crippen molar-refractivity contribution in [3.05, 3.63) is 0 Å². The molecule has 0 amide bonds. The fourth-order valence-corrected chi connectivity index (χ4v) is 3.37. The van der Waals surface area contributed by atoms with Crippen LogP contribution < -0.4 is 0 Å². The molecule has 0 aromatic carbocycles. The van der Waals surface area contributed by atoms with E-state index in [-0.39, 0.29) is 24.7 Å². The smallest absolute Gasteiger partial charge is 0.393 e. The molecule has 0 aromatic rings. The van der Waals surface area contributed by atoms with E-state index in [2.05, 4.69) is 13.8 Å². The Hall–Kier alpha value is -0.290. The highest BCUT2D eigenvalue weighted by molar-refractivity contribution is 4.93. The van der Waals surface area contributed by atoms with Crippen LogP contribution in [0.5, 0.6) is 0 Å². The van der Waals surface area contributed by atoms with Gasteiger partial charge in [0.2, 0.25) is 0 Å². The van der Waals surface area contributed by atoms with Gasteiger partial charge in [-0.3, -0.25) is 4.90 Å². The molecule has 112 valence electrons. The van der Waals surface area contributed by atoms with E-state index in [0.29, 0.717) is 0 Å². The normalized spacial score (nSPS) is 37.3. The van der Waals surface area contributed by atoms with Crippen molar-refractivity contribution in [2.24, 2.45) is 11.3 Å². The average molecular weight is 279 g/mol. The fourth-order valence-electron chi connectivity index (χ4n) is 3.37. The Morgan fingerprint density at radius 3 is 2.21 bits per heavy atom. The zero-order valence-corrected chi connectivity index (χ0v) is 11.7. The number of hydrogen-bond donors (Lipinski definition) is 1. The highest BCUT2D eigenvalue weighted by Gasteiger charge is 2.49. The van der Waals surface area contributed by atoms with Crippen LogP contribution in [0.25, 0.3) is 0 Å². The summed E-state index contributed by atoms with van der Waals surface area (Å²) in [5, 5.41) is 9.70. The number of piperidine rings is 1. The summed E-state index contributed by atoms with van der Waals surface area (Å²) < 4.78 is 39.4. The number of alkyl halides is 3. The molecule has 2 nitrogen and oxygen atoms in total. The molecule has 5 heteroatoms. The predicted molar refractivity (Wildman–Crippen MR) is 67.8 cm³/mol. The van der Waals surface area contributed by atoms with Gasteiger partial charge in [0.25, 0.3) is 0 Å². The first-order valence-electron chi connectivity index (χ1n) is 7.18. The number of rotatable bonds is 1. The van der Waals surface area contributed by atoms with E-state index >= 15 is 0 Å². The van der Waals surface area contributed by atoms with Crippen LogP contribution in [0.15, 0.2) is 0 Å². The molecule has 2 rings (SSSR count). The minimum absolute atomic E-state index is 0.0647. The third-order valence-corrected chi connectivity index (χ3v) is 4.83. The minimum atomic E-state index is -4.14. The summed E-state index contributed by atoms with van der Waals surface area (Å²) in [6.45, 7) is 5.77. The molecule has 0 radical (unpaired) electrons. The highest BCUT2D eigenvalue weighted by Crippen LogP contribution is 2.42. The van der Waals surface area contributed by atoms with E-state index in [9.17, 15) is 18.3 Å². The van der Waals surface area contributed by atoms with Gasteiger partial charge in [-0.15, -0.1) is 0 Å². The van der Waals surface area contributed by atoms with Crippen molar-refractivity contribution in [1.29, 1.82) is 0 Å². The lowest BCUT2D eigenvalue weighted by Gasteiger charge is -2.46. The molecule has 1 saturated heterocycles. The van der Waals surface area contributed by atoms with Crippen LogP contribution in [0.3, 0.4) is 0 Å². The van der Waals surface area contributed by atoms with Gasteiger partial charge >= 0.3 is 6.18 Å². The van der Waals surface area contributed by atoms with Gasteiger partial charge in [-0.2, -0.15) is 13.2 Å². The zero-order valence-electron chi connectivity index (χ0n) is 11.7. The highest BCUT2D eigenvalue weighted by atomic mass is 19.4. The molecular weight excluding hydrogens is 255 g/mol. The molecule has 1 aliphatic heterocycles. The summed E-state index contributed by atoms with van der Waals surface area (Å²) in [6, 6.07) is -0.528. The molecule has 19 heavy (non-hydrogen) atoms. The maximum absolute atomic E-state index is 13.1. The third-order valence-electron chi connectivity index (χ3n) is 4.83. The average Bonchev–Trinajstić information content (AvgIpc) is 2.27. The topological polar surface area (TPSA) is 23.5 Å². The number of hydrogen-bond acceptors (Lipinski definition) is 2. The standard InChI is InChI=1S/C14H24F3NO/c1-13(2)5-7-18(8-6-13)12-9-10(19)3-4-11(12)14(15,16)17/h10-12,19H,3-9H2,1-2H3. The van der Waals surface area contributed by atoms with Crippen molar-refractivity contribution in [3.63, 3.8) is 0 Å². The lowest BCUT2D eigenvalue weighted by Crippen LogP contribution is -2.53. The summed E-state index contributed by atoms with van der Waals surface area (Å²) in [6.07, 6.45) is -2.23. The van der Waals surface area contributed by atoms with Crippen LogP contribution in [-0.2, 0) is 0 Å². The number of halogens is 3. The van der Waals surface area contributed by atoms with E-state index in [4.69, 9.17) is 0 Å². The third kappa shape index (κ3) is 3.63. The van der Waals surface area contributed by atoms with Gasteiger partial charge in [-0.25, -0.2) is 0 Å². The monoisotopic (exact) mass is 279 g/mol. The van der Waals surface area contributed by atoms with Crippen LogP contribution in [0.4, 0.5) is 13.2 Å². The second-order valence-corrected chi connectivity index (χ2v) is 6.88. The van der Waals surface area contributed by atoms with Crippen LogP contribution in [0.1, 0.15) is 46.0 Å². The summed E-state index contributed by atoms with van der Waals surface area (Å²) in [5.41, 5.74) is 0.234. The molecule has 2 aliphatic rings. The predicted octanol–water partition coefficient (Wildman–Crippen LogP) is 3.20. The lowest BCUT2D eigenvalue weighted by atomic mass is 9.77. The van der Waals surface area contributed by atoms with Crippen molar-refractivity contribution in [2.75, 3.05) is 13.1 Å². The second kappa shape index (κ2) is 5.24. The van der Waals surface area contributed by atoms with Crippen LogP contribution >= 0.6 is 0 Å². The molecule has 3 unspecified atom stereocenters. The van der Waals surface area contributed by atoms with E-state index < -0.39 is 24.2 Å². The van der Waals surface area contributed by atoms with Crippen molar-refractivity contribution < 1.29 is 18.3 Å². The molecular formula is C14H24F3NO. The Bertz CT molecular complexity index is 306. The summed E-state index contributed by atoms with van der Waals surface area (Å²) in [5.74, 6) is -1.27. The largest absolute Gasteiger partial charge is 0.393 e. The number of nitrogens with zero attached hydrogens (tertiary/aromatic N) is 1. The Morgan fingerprint density at radius 2 is 1.68 bits per heavy atom. The summed E-state index contributed by atoms with van der Waals surface area (Å²) in [4.78, 5) is 1.96. The second-order valence-electron chi connectivity index (χ2n) is 6.88. The number of aliphatic hydroxyl groups excluding tert-OH is 1. The van der Waals surface area contributed by atoms with Crippen LogP contribution in [0, 0.1) is 11.3 Å². The van der Waals surface area contributed by atoms with Gasteiger partial charge in [-0.05, 0) is 50.6 Å². The van der Waals surface area contributed by atoms with Crippen molar-refractivity contribution in [3.8, 4) is 0 Å². The van der Waals surface area contributed by atoms with E-state index in [0.717, 1.165) is 25.9 Å². The van der Waals surface area contributed by atoms with Gasteiger partial charge in [0.05, 0.1) is 12.0 Å². The summed E-state index contributed by atoms with van der Waals surface area (Å²) >= 11 is 0. The Morgan fingerprint density at radius 1 is 1.11 bits per heavy atom. The van der Waals surface area contributed by atoms with Crippen molar-refractivity contribution in [2.45, 2.75) is 64.3 Å². The quantitative estimate of drug-likeness (QED) is 0.797. The molecule has 2 fully saturated rings. The molecule has 0 bridgehead atoms. The van der Waals surface area contributed by atoms with Gasteiger partial charge in [0, 0.05) is 6.04 Å². The van der Waals surface area contributed by atoms with Gasteiger partial charge < -0.3 is 5.11 Å². The van der Waals surface area contributed by atoms with E-state index in [1.165, 1.54) is 0 Å². The fraction of sp³-hybridized carbons (Fsp3) is 1.00.